The van der Waals surface area contributed by atoms with Crippen LogP contribution in [0.25, 0.3) is 0 Å². The van der Waals surface area contributed by atoms with Gasteiger partial charge < -0.3 is 9.72 Å². The van der Waals surface area contributed by atoms with E-state index in [4.69, 9.17) is 17.0 Å². The zero-order valence-electron chi connectivity index (χ0n) is 11.7. The molecular weight excluding hydrogens is 256 g/mol. The molecule has 2 heterocycles. The van der Waals surface area contributed by atoms with Gasteiger partial charge in [0.2, 0.25) is 5.88 Å². The Morgan fingerprint density at radius 1 is 1.26 bits per heavy atom. The lowest BCUT2D eigenvalue weighted by Crippen LogP contribution is -1.98. The van der Waals surface area contributed by atoms with Crippen LogP contribution in [0.4, 0.5) is 0 Å². The first-order valence-corrected chi connectivity index (χ1v) is 6.77. The van der Waals surface area contributed by atoms with Crippen LogP contribution in [0.2, 0.25) is 0 Å². The molecule has 0 aliphatic rings. The van der Waals surface area contributed by atoms with Crippen LogP contribution in [0.3, 0.4) is 0 Å². The molecule has 0 saturated heterocycles. The summed E-state index contributed by atoms with van der Waals surface area (Å²) in [7, 11) is 0. The first-order chi connectivity index (χ1) is 9.02. The minimum absolute atomic E-state index is 0.691. The predicted octanol–water partition coefficient (Wildman–Crippen LogP) is 4.42. The Hall–Kier alpha value is -1.68. The fourth-order valence-corrected chi connectivity index (χ4v) is 2.23. The molecular formula is C15H18N2OS. The second kappa shape index (κ2) is 5.53. The molecule has 2 rings (SSSR count). The van der Waals surface area contributed by atoms with Crippen molar-refractivity contribution in [3.05, 3.63) is 45.4 Å². The highest BCUT2D eigenvalue weighted by molar-refractivity contribution is 7.71. The lowest BCUT2D eigenvalue weighted by molar-refractivity contribution is 0.451. The van der Waals surface area contributed by atoms with Crippen LogP contribution in [-0.4, -0.2) is 9.97 Å². The van der Waals surface area contributed by atoms with E-state index in [-0.39, 0.29) is 0 Å². The maximum Gasteiger partial charge on any atom is 0.201 e. The fraction of sp³-hybridized carbons (Fsp3) is 0.333. The molecule has 0 saturated carbocycles. The van der Waals surface area contributed by atoms with Crippen LogP contribution in [0, 0.1) is 25.3 Å². The number of pyridine rings is 2. The Labute approximate surface area is 118 Å². The van der Waals surface area contributed by atoms with Gasteiger partial charge in [0, 0.05) is 17.5 Å². The van der Waals surface area contributed by atoms with Crippen molar-refractivity contribution in [1.82, 2.24) is 9.97 Å². The molecule has 4 heteroatoms. The lowest BCUT2D eigenvalue weighted by atomic mass is 10.2. The van der Waals surface area contributed by atoms with Crippen molar-refractivity contribution >= 4 is 12.2 Å². The first-order valence-electron chi connectivity index (χ1n) is 6.36. The van der Waals surface area contributed by atoms with Crippen LogP contribution < -0.4 is 4.74 Å². The third-order valence-electron chi connectivity index (χ3n) is 3.12. The summed E-state index contributed by atoms with van der Waals surface area (Å²) in [6.07, 6.45) is 2.84. The maximum atomic E-state index is 5.89. The zero-order chi connectivity index (χ0) is 14.0. The first kappa shape index (κ1) is 13.7. The van der Waals surface area contributed by atoms with Gasteiger partial charge >= 0.3 is 0 Å². The van der Waals surface area contributed by atoms with E-state index in [9.17, 15) is 0 Å². The standard InChI is InChI=1S/C15H18N2OS/c1-5-12-8-16-15(10(3)14(12)19)18-13-7-6-9(2)17-11(13)4/h6-8H,5H2,1-4H3,(H,16,19). The van der Waals surface area contributed by atoms with E-state index < -0.39 is 0 Å². The van der Waals surface area contributed by atoms with Gasteiger partial charge in [0.15, 0.2) is 5.75 Å². The number of hydrogen-bond donors (Lipinski definition) is 1. The van der Waals surface area contributed by atoms with Gasteiger partial charge in [0.25, 0.3) is 0 Å². The van der Waals surface area contributed by atoms with Crippen LogP contribution in [0.1, 0.15) is 29.4 Å². The third-order valence-corrected chi connectivity index (χ3v) is 3.69. The second-order valence-electron chi connectivity index (χ2n) is 4.59. The highest BCUT2D eigenvalue weighted by Gasteiger charge is 2.08. The summed E-state index contributed by atoms with van der Waals surface area (Å²) in [5, 5.41) is 0. The third kappa shape index (κ3) is 2.84. The van der Waals surface area contributed by atoms with Gasteiger partial charge in [0.1, 0.15) is 0 Å². The van der Waals surface area contributed by atoms with Gasteiger partial charge in [-0.15, -0.1) is 0 Å². The van der Waals surface area contributed by atoms with E-state index in [2.05, 4.69) is 16.9 Å². The largest absolute Gasteiger partial charge is 0.439 e. The summed E-state index contributed by atoms with van der Waals surface area (Å²) < 4.78 is 6.76. The SMILES string of the molecule is CCc1c[nH]c(Oc2ccc(C)nc2C)c(C)c1=S. The summed E-state index contributed by atoms with van der Waals surface area (Å²) in [5.74, 6) is 1.44. The molecule has 0 bridgehead atoms. The van der Waals surface area contributed by atoms with Crippen molar-refractivity contribution in [2.45, 2.75) is 34.1 Å². The average Bonchev–Trinajstić information content (AvgIpc) is 2.38. The van der Waals surface area contributed by atoms with E-state index in [0.29, 0.717) is 5.88 Å². The maximum absolute atomic E-state index is 5.89. The van der Waals surface area contributed by atoms with E-state index in [1.54, 1.807) is 0 Å². The van der Waals surface area contributed by atoms with Gasteiger partial charge in [-0.1, -0.05) is 19.1 Å². The number of hydrogen-bond acceptors (Lipinski definition) is 3. The van der Waals surface area contributed by atoms with Gasteiger partial charge in [-0.3, -0.25) is 4.98 Å². The fourth-order valence-electron chi connectivity index (χ4n) is 1.93. The molecule has 0 aliphatic carbocycles. The molecule has 1 N–H and O–H groups in total. The van der Waals surface area contributed by atoms with E-state index in [1.165, 1.54) is 0 Å². The molecule has 19 heavy (non-hydrogen) atoms. The Morgan fingerprint density at radius 3 is 2.63 bits per heavy atom. The molecule has 3 nitrogen and oxygen atoms in total. The van der Waals surface area contributed by atoms with Crippen LogP contribution in [-0.2, 0) is 6.42 Å². The quantitative estimate of drug-likeness (QED) is 0.842. The number of aryl methyl sites for hydroxylation is 3. The molecule has 0 spiro atoms. The molecule has 0 aliphatic heterocycles. The summed E-state index contributed by atoms with van der Waals surface area (Å²) in [6.45, 7) is 7.97. The highest BCUT2D eigenvalue weighted by atomic mass is 32.1. The molecule has 0 unspecified atom stereocenters. The number of rotatable bonds is 3. The molecule has 100 valence electrons. The lowest BCUT2D eigenvalue weighted by Gasteiger charge is -2.12. The van der Waals surface area contributed by atoms with E-state index in [1.807, 2.05) is 39.1 Å². The van der Waals surface area contributed by atoms with Crippen molar-refractivity contribution in [3.63, 3.8) is 0 Å². The number of aromatic nitrogens is 2. The zero-order valence-corrected chi connectivity index (χ0v) is 12.5. The summed E-state index contributed by atoms with van der Waals surface area (Å²) >= 11 is 5.43. The molecule has 0 amide bonds. The monoisotopic (exact) mass is 274 g/mol. The normalized spacial score (nSPS) is 10.5. The van der Waals surface area contributed by atoms with E-state index in [0.717, 1.165) is 39.2 Å². The van der Waals surface area contributed by atoms with Gasteiger partial charge in [-0.05, 0) is 44.9 Å². The molecule has 0 aromatic carbocycles. The summed E-state index contributed by atoms with van der Waals surface area (Å²) in [6, 6.07) is 3.87. The number of nitrogens with one attached hydrogen (secondary N) is 1. The smallest absolute Gasteiger partial charge is 0.201 e. The Morgan fingerprint density at radius 2 is 2.00 bits per heavy atom. The van der Waals surface area contributed by atoms with Crippen LogP contribution >= 0.6 is 12.2 Å². The summed E-state index contributed by atoms with van der Waals surface area (Å²) in [5.41, 5.74) is 3.96. The molecule has 0 atom stereocenters. The number of nitrogens with zero attached hydrogens (tertiary/aromatic N) is 1. The van der Waals surface area contributed by atoms with Crippen molar-refractivity contribution in [1.29, 1.82) is 0 Å². The predicted molar refractivity (Wildman–Crippen MR) is 79.5 cm³/mol. The van der Waals surface area contributed by atoms with Crippen LogP contribution in [0.15, 0.2) is 18.3 Å². The van der Waals surface area contributed by atoms with Crippen molar-refractivity contribution < 1.29 is 4.74 Å². The number of aromatic amines is 1. The molecule has 0 fully saturated rings. The van der Waals surface area contributed by atoms with Crippen molar-refractivity contribution in [2.24, 2.45) is 0 Å². The van der Waals surface area contributed by atoms with E-state index >= 15 is 0 Å². The minimum atomic E-state index is 0.691. The molecule has 2 aromatic heterocycles. The van der Waals surface area contributed by atoms with Gasteiger partial charge in [-0.2, -0.15) is 0 Å². The number of ether oxygens (including phenoxy) is 1. The highest BCUT2D eigenvalue weighted by Crippen LogP contribution is 2.26. The Balaban J connectivity index is 2.39. The van der Waals surface area contributed by atoms with Gasteiger partial charge in [-0.25, -0.2) is 0 Å². The molecule has 0 radical (unpaired) electrons. The average molecular weight is 274 g/mol. The summed E-state index contributed by atoms with van der Waals surface area (Å²) in [4.78, 5) is 7.56. The second-order valence-corrected chi connectivity index (χ2v) is 5.00. The van der Waals surface area contributed by atoms with Gasteiger partial charge in [0.05, 0.1) is 10.2 Å². The minimum Gasteiger partial charge on any atom is -0.439 e. The van der Waals surface area contributed by atoms with Crippen molar-refractivity contribution in [2.75, 3.05) is 0 Å². The van der Waals surface area contributed by atoms with Crippen molar-refractivity contribution in [3.8, 4) is 11.6 Å². The Kier molecular flexibility index (Phi) is 4.00. The molecule has 2 aromatic rings. The topological polar surface area (TPSA) is 37.9 Å². The van der Waals surface area contributed by atoms with Crippen LogP contribution in [0.5, 0.6) is 11.6 Å². The Bertz CT molecular complexity index is 662. The number of H-pyrrole nitrogens is 1.